The van der Waals surface area contributed by atoms with E-state index >= 15 is 0 Å². The van der Waals surface area contributed by atoms with E-state index < -0.39 is 6.04 Å². The molecular formula is C25H29ClN2O4. The van der Waals surface area contributed by atoms with Crippen LogP contribution in [0.5, 0.6) is 11.5 Å². The van der Waals surface area contributed by atoms with Gasteiger partial charge in [-0.3, -0.25) is 9.59 Å². The van der Waals surface area contributed by atoms with Crippen molar-refractivity contribution >= 4 is 23.4 Å². The zero-order valence-electron chi connectivity index (χ0n) is 18.5. The third-order valence-electron chi connectivity index (χ3n) is 5.82. The summed E-state index contributed by atoms with van der Waals surface area (Å²) in [7, 11) is 0. The molecule has 2 aliphatic heterocycles. The van der Waals surface area contributed by atoms with E-state index in [-0.39, 0.29) is 17.7 Å². The highest BCUT2D eigenvalue weighted by Crippen LogP contribution is 2.38. The van der Waals surface area contributed by atoms with E-state index in [0.717, 1.165) is 16.7 Å². The van der Waals surface area contributed by atoms with Gasteiger partial charge in [0.05, 0.1) is 5.02 Å². The lowest BCUT2D eigenvalue weighted by atomic mass is 9.92. The van der Waals surface area contributed by atoms with Crippen LogP contribution in [0, 0.1) is 5.92 Å². The second-order valence-electron chi connectivity index (χ2n) is 8.75. The summed E-state index contributed by atoms with van der Waals surface area (Å²) < 4.78 is 11.2. The number of amides is 2. The molecule has 0 saturated heterocycles. The minimum absolute atomic E-state index is 0.0215. The Kier molecular flexibility index (Phi) is 6.89. The van der Waals surface area contributed by atoms with Crippen molar-refractivity contribution in [3.05, 3.63) is 58.1 Å². The smallest absolute Gasteiger partial charge is 0.243 e. The number of ether oxygens (including phenoxy) is 2. The molecular weight excluding hydrogens is 428 g/mol. The van der Waals surface area contributed by atoms with Gasteiger partial charge in [-0.25, -0.2) is 0 Å². The van der Waals surface area contributed by atoms with Crippen LogP contribution in [0.2, 0.25) is 5.02 Å². The monoisotopic (exact) mass is 456 g/mol. The number of halogens is 1. The Hall–Kier alpha value is -2.73. The van der Waals surface area contributed by atoms with Crippen LogP contribution in [0.25, 0.3) is 0 Å². The fourth-order valence-corrected chi connectivity index (χ4v) is 4.53. The zero-order valence-corrected chi connectivity index (χ0v) is 19.3. The third kappa shape index (κ3) is 5.01. The van der Waals surface area contributed by atoms with Gasteiger partial charge in [-0.15, -0.1) is 0 Å². The van der Waals surface area contributed by atoms with Crippen LogP contribution in [0.1, 0.15) is 37.0 Å². The number of carbonyl (C=O) groups excluding carboxylic acids is 2. The summed E-state index contributed by atoms with van der Waals surface area (Å²) in [5, 5.41) is 3.53. The van der Waals surface area contributed by atoms with Crippen molar-refractivity contribution in [2.75, 3.05) is 19.8 Å². The van der Waals surface area contributed by atoms with E-state index in [4.69, 9.17) is 21.1 Å². The molecule has 1 N–H and O–H groups in total. The zero-order chi connectivity index (χ0) is 22.7. The molecule has 2 amide bonds. The van der Waals surface area contributed by atoms with Gasteiger partial charge >= 0.3 is 0 Å². The van der Waals surface area contributed by atoms with E-state index in [0.29, 0.717) is 62.1 Å². The van der Waals surface area contributed by atoms with Crippen LogP contribution in [0.4, 0.5) is 0 Å². The average molecular weight is 457 g/mol. The maximum Gasteiger partial charge on any atom is 0.243 e. The summed E-state index contributed by atoms with van der Waals surface area (Å²) in [5.74, 6) is 1.35. The first-order valence-electron chi connectivity index (χ1n) is 11.1. The maximum absolute atomic E-state index is 13.1. The number of nitrogens with one attached hydrogen (secondary N) is 1. The molecule has 0 aromatic heterocycles. The minimum atomic E-state index is -0.500. The number of fused-ring (bicyclic) bond motifs is 2. The molecule has 1 unspecified atom stereocenters. The van der Waals surface area contributed by atoms with E-state index in [1.165, 1.54) is 0 Å². The fourth-order valence-electron chi connectivity index (χ4n) is 4.24. The molecule has 32 heavy (non-hydrogen) atoms. The molecule has 1 atom stereocenters. The highest BCUT2D eigenvalue weighted by Gasteiger charge is 2.34. The van der Waals surface area contributed by atoms with E-state index in [9.17, 15) is 9.59 Å². The maximum atomic E-state index is 13.1. The SMILES string of the molecule is CC(C)CC(=O)N1Cc2ccccc2CC1C(=O)NCCc1cc(Cl)c2c(c1)OCCO2. The second-order valence-corrected chi connectivity index (χ2v) is 9.16. The topological polar surface area (TPSA) is 67.9 Å². The first kappa shape index (κ1) is 22.5. The van der Waals surface area contributed by atoms with Gasteiger partial charge in [0.2, 0.25) is 11.8 Å². The first-order chi connectivity index (χ1) is 15.4. The van der Waals surface area contributed by atoms with Crippen molar-refractivity contribution in [3.8, 4) is 11.5 Å². The third-order valence-corrected chi connectivity index (χ3v) is 6.10. The lowest BCUT2D eigenvalue weighted by Crippen LogP contribution is -2.53. The number of carbonyl (C=O) groups is 2. The Labute approximate surface area is 193 Å². The summed E-state index contributed by atoms with van der Waals surface area (Å²) in [5.41, 5.74) is 3.20. The van der Waals surface area contributed by atoms with Crippen molar-refractivity contribution in [3.63, 3.8) is 0 Å². The van der Waals surface area contributed by atoms with Gasteiger partial charge < -0.3 is 19.7 Å². The normalized spacial score (nSPS) is 17.1. The summed E-state index contributed by atoms with van der Waals surface area (Å²) in [6, 6.07) is 11.3. The van der Waals surface area contributed by atoms with E-state index in [1.54, 1.807) is 4.90 Å². The lowest BCUT2D eigenvalue weighted by molar-refractivity contribution is -0.142. The van der Waals surface area contributed by atoms with Gasteiger partial charge in [-0.1, -0.05) is 49.7 Å². The summed E-state index contributed by atoms with van der Waals surface area (Å²) in [6.07, 6.45) is 1.56. The van der Waals surface area contributed by atoms with Crippen LogP contribution in [-0.4, -0.2) is 42.5 Å². The van der Waals surface area contributed by atoms with Crippen molar-refractivity contribution in [2.24, 2.45) is 5.92 Å². The Bertz CT molecular complexity index is 1010. The molecule has 170 valence electrons. The predicted octanol–water partition coefficient (Wildman–Crippen LogP) is 3.77. The molecule has 0 aliphatic carbocycles. The van der Waals surface area contributed by atoms with Crippen LogP contribution in [0.15, 0.2) is 36.4 Å². The molecule has 0 fully saturated rings. The number of hydrogen-bond donors (Lipinski definition) is 1. The Morgan fingerprint density at radius 1 is 1.16 bits per heavy atom. The summed E-state index contributed by atoms with van der Waals surface area (Å²) in [4.78, 5) is 27.8. The van der Waals surface area contributed by atoms with Gasteiger partial charge in [0, 0.05) is 25.9 Å². The number of benzene rings is 2. The largest absolute Gasteiger partial charge is 0.486 e. The molecule has 0 radical (unpaired) electrons. The molecule has 6 nitrogen and oxygen atoms in total. The molecule has 0 bridgehead atoms. The van der Waals surface area contributed by atoms with Gasteiger partial charge in [0.25, 0.3) is 0 Å². The molecule has 2 aromatic rings. The molecule has 2 heterocycles. The molecule has 7 heteroatoms. The number of rotatable bonds is 6. The molecule has 2 aliphatic rings. The summed E-state index contributed by atoms with van der Waals surface area (Å²) in [6.45, 7) is 5.93. The number of hydrogen-bond acceptors (Lipinski definition) is 4. The first-order valence-corrected chi connectivity index (χ1v) is 11.5. The van der Waals surface area contributed by atoms with Crippen LogP contribution in [-0.2, 0) is 29.0 Å². The van der Waals surface area contributed by atoms with Crippen LogP contribution >= 0.6 is 11.6 Å². The van der Waals surface area contributed by atoms with Crippen molar-refractivity contribution in [1.29, 1.82) is 0 Å². The van der Waals surface area contributed by atoms with E-state index in [1.807, 2.05) is 50.2 Å². The quantitative estimate of drug-likeness (QED) is 0.718. The number of nitrogens with zero attached hydrogens (tertiary/aromatic N) is 1. The van der Waals surface area contributed by atoms with Crippen molar-refractivity contribution in [1.82, 2.24) is 10.2 Å². The Morgan fingerprint density at radius 2 is 1.91 bits per heavy atom. The lowest BCUT2D eigenvalue weighted by Gasteiger charge is -2.36. The van der Waals surface area contributed by atoms with Gasteiger partial charge in [-0.05, 0) is 41.2 Å². The minimum Gasteiger partial charge on any atom is -0.486 e. The fraction of sp³-hybridized carbons (Fsp3) is 0.440. The van der Waals surface area contributed by atoms with E-state index in [2.05, 4.69) is 5.32 Å². The Morgan fingerprint density at radius 3 is 2.69 bits per heavy atom. The van der Waals surface area contributed by atoms with Crippen molar-refractivity contribution in [2.45, 2.75) is 45.7 Å². The predicted molar refractivity (Wildman–Crippen MR) is 123 cm³/mol. The molecule has 0 spiro atoms. The van der Waals surface area contributed by atoms with Gasteiger partial charge in [0.15, 0.2) is 11.5 Å². The average Bonchev–Trinajstić information content (AvgIpc) is 2.77. The summed E-state index contributed by atoms with van der Waals surface area (Å²) >= 11 is 6.32. The second kappa shape index (κ2) is 9.82. The highest BCUT2D eigenvalue weighted by molar-refractivity contribution is 6.32. The Balaban J connectivity index is 1.43. The highest BCUT2D eigenvalue weighted by atomic mass is 35.5. The van der Waals surface area contributed by atoms with Gasteiger partial charge in [0.1, 0.15) is 19.3 Å². The standard InChI is InChI=1S/C25H29ClN2O4/c1-16(2)11-23(29)28-15-19-6-4-3-5-18(19)14-21(28)25(30)27-8-7-17-12-20(26)24-22(13-17)31-9-10-32-24/h3-6,12-13,16,21H,7-11,14-15H2,1-2H3,(H,27,30). The van der Waals surface area contributed by atoms with Crippen molar-refractivity contribution < 1.29 is 19.1 Å². The molecule has 4 rings (SSSR count). The van der Waals surface area contributed by atoms with Crippen LogP contribution in [0.3, 0.4) is 0 Å². The molecule has 2 aromatic carbocycles. The molecule has 0 saturated carbocycles. The van der Waals surface area contributed by atoms with Gasteiger partial charge in [-0.2, -0.15) is 0 Å². The van der Waals surface area contributed by atoms with Crippen LogP contribution < -0.4 is 14.8 Å².